The summed E-state index contributed by atoms with van der Waals surface area (Å²) < 4.78 is 11.8. The summed E-state index contributed by atoms with van der Waals surface area (Å²) in [5, 5.41) is 3.42. The highest BCUT2D eigenvalue weighted by atomic mass is 35.5. The summed E-state index contributed by atoms with van der Waals surface area (Å²) in [4.78, 5) is 27.6. The fourth-order valence-electron chi connectivity index (χ4n) is 3.37. The van der Waals surface area contributed by atoms with Crippen LogP contribution in [0.15, 0.2) is 60.7 Å². The van der Waals surface area contributed by atoms with E-state index in [9.17, 15) is 9.59 Å². The Labute approximate surface area is 191 Å². The first-order valence-corrected chi connectivity index (χ1v) is 10.5. The third kappa shape index (κ3) is 4.27. The zero-order valence-electron chi connectivity index (χ0n) is 18.2. The van der Waals surface area contributed by atoms with Crippen LogP contribution in [0, 0.1) is 6.92 Å². The van der Waals surface area contributed by atoms with Gasteiger partial charge in [0.15, 0.2) is 11.4 Å². The minimum absolute atomic E-state index is 0.225. The Balaban J connectivity index is 1.57. The van der Waals surface area contributed by atoms with Crippen molar-refractivity contribution in [3.8, 4) is 17.2 Å². The summed E-state index contributed by atoms with van der Waals surface area (Å²) in [5.41, 5.74) is 1.37. The molecule has 0 saturated carbocycles. The Morgan fingerprint density at radius 1 is 1.03 bits per heavy atom. The molecule has 0 aliphatic carbocycles. The lowest BCUT2D eigenvalue weighted by atomic mass is 10.1. The van der Waals surface area contributed by atoms with Crippen LogP contribution >= 0.6 is 11.6 Å². The molecular formula is C25H23ClN2O4. The smallest absolute Gasteiger partial charge is 0.267 e. The van der Waals surface area contributed by atoms with E-state index in [-0.39, 0.29) is 11.8 Å². The summed E-state index contributed by atoms with van der Waals surface area (Å²) in [5.74, 6) is 0.965. The first-order valence-electron chi connectivity index (χ1n) is 10.1. The minimum atomic E-state index is -1.16. The number of aryl methyl sites for hydroxylation is 1. The van der Waals surface area contributed by atoms with E-state index in [0.29, 0.717) is 39.2 Å². The van der Waals surface area contributed by atoms with Crippen molar-refractivity contribution >= 4 is 34.8 Å². The third-order valence-corrected chi connectivity index (χ3v) is 5.45. The van der Waals surface area contributed by atoms with Crippen molar-refractivity contribution in [3.63, 3.8) is 0 Å². The lowest BCUT2D eigenvalue weighted by Crippen LogP contribution is -2.42. The van der Waals surface area contributed by atoms with Crippen LogP contribution in [0.2, 0.25) is 5.02 Å². The quantitative estimate of drug-likeness (QED) is 0.543. The van der Waals surface area contributed by atoms with E-state index in [1.54, 1.807) is 68.3 Å². The second-order valence-electron chi connectivity index (χ2n) is 8.17. The minimum Gasteiger partial charge on any atom is -0.478 e. The van der Waals surface area contributed by atoms with Gasteiger partial charge in [0.05, 0.1) is 11.3 Å². The van der Waals surface area contributed by atoms with Crippen molar-refractivity contribution < 1.29 is 19.1 Å². The number of benzene rings is 3. The standard InChI is InChI=1S/C25H23ClN2O4/c1-15-5-11-22-20(13-15)28(4)23(29)19-14-17(8-12-21(19)31-22)27-24(30)25(2,3)32-18-9-6-16(26)7-10-18/h5-14H,1-4H3,(H,27,30). The molecule has 1 N–H and O–H groups in total. The number of anilines is 2. The van der Waals surface area contributed by atoms with E-state index < -0.39 is 5.60 Å². The van der Waals surface area contributed by atoms with Crippen LogP contribution in [-0.2, 0) is 4.79 Å². The Kier molecular flexibility index (Phi) is 5.57. The number of amides is 2. The van der Waals surface area contributed by atoms with Crippen LogP contribution in [0.1, 0.15) is 29.8 Å². The number of hydrogen-bond acceptors (Lipinski definition) is 4. The van der Waals surface area contributed by atoms with E-state index in [2.05, 4.69) is 5.32 Å². The maximum atomic E-state index is 13.1. The summed E-state index contributed by atoms with van der Waals surface area (Å²) in [6.07, 6.45) is 0. The summed E-state index contributed by atoms with van der Waals surface area (Å²) >= 11 is 5.91. The number of halogens is 1. The second-order valence-corrected chi connectivity index (χ2v) is 8.61. The number of carbonyl (C=O) groups is 2. The molecule has 3 aromatic rings. The monoisotopic (exact) mass is 450 g/mol. The maximum absolute atomic E-state index is 13.1. The van der Waals surface area contributed by atoms with Gasteiger partial charge in [-0.05, 0) is 80.9 Å². The topological polar surface area (TPSA) is 67.9 Å². The number of fused-ring (bicyclic) bond motifs is 2. The molecule has 1 aliphatic rings. The van der Waals surface area contributed by atoms with Gasteiger partial charge in [0, 0.05) is 17.8 Å². The molecular weight excluding hydrogens is 428 g/mol. The van der Waals surface area contributed by atoms with Crippen molar-refractivity contribution in [1.82, 2.24) is 0 Å². The molecule has 2 amide bonds. The van der Waals surface area contributed by atoms with Gasteiger partial charge < -0.3 is 19.7 Å². The van der Waals surface area contributed by atoms with Gasteiger partial charge in [-0.1, -0.05) is 17.7 Å². The molecule has 0 bridgehead atoms. The van der Waals surface area contributed by atoms with Crippen LogP contribution < -0.4 is 19.7 Å². The molecule has 0 saturated heterocycles. The second kappa shape index (κ2) is 8.20. The van der Waals surface area contributed by atoms with E-state index >= 15 is 0 Å². The van der Waals surface area contributed by atoms with Crippen LogP contribution in [0.3, 0.4) is 0 Å². The average molecular weight is 451 g/mol. The zero-order chi connectivity index (χ0) is 23.0. The molecule has 0 atom stereocenters. The fraction of sp³-hybridized carbons (Fsp3) is 0.200. The van der Waals surface area contributed by atoms with E-state index in [0.717, 1.165) is 5.56 Å². The van der Waals surface area contributed by atoms with Gasteiger partial charge in [-0.15, -0.1) is 0 Å². The molecule has 0 aromatic heterocycles. The molecule has 3 aromatic carbocycles. The maximum Gasteiger partial charge on any atom is 0.267 e. The number of nitrogens with zero attached hydrogens (tertiary/aromatic N) is 1. The molecule has 0 fully saturated rings. The number of nitrogens with one attached hydrogen (secondary N) is 1. The van der Waals surface area contributed by atoms with Crippen LogP contribution in [0.5, 0.6) is 17.2 Å². The zero-order valence-corrected chi connectivity index (χ0v) is 19.0. The van der Waals surface area contributed by atoms with Gasteiger partial charge in [-0.25, -0.2) is 0 Å². The average Bonchev–Trinajstić information content (AvgIpc) is 2.85. The predicted molar refractivity (Wildman–Crippen MR) is 125 cm³/mol. The highest BCUT2D eigenvalue weighted by Gasteiger charge is 2.31. The molecule has 0 radical (unpaired) electrons. The highest BCUT2D eigenvalue weighted by Crippen LogP contribution is 2.39. The third-order valence-electron chi connectivity index (χ3n) is 5.20. The predicted octanol–water partition coefficient (Wildman–Crippen LogP) is 5.83. The lowest BCUT2D eigenvalue weighted by Gasteiger charge is -2.25. The number of carbonyl (C=O) groups excluding carboxylic acids is 2. The molecule has 4 rings (SSSR count). The van der Waals surface area contributed by atoms with Gasteiger partial charge in [-0.2, -0.15) is 0 Å². The van der Waals surface area contributed by atoms with Crippen LogP contribution in [-0.4, -0.2) is 24.5 Å². The SMILES string of the molecule is Cc1ccc2c(c1)N(C)C(=O)c1cc(NC(=O)C(C)(C)Oc3ccc(Cl)cc3)ccc1O2. The van der Waals surface area contributed by atoms with Gasteiger partial charge in [0.2, 0.25) is 0 Å². The molecule has 164 valence electrons. The fourth-order valence-corrected chi connectivity index (χ4v) is 3.50. The summed E-state index contributed by atoms with van der Waals surface area (Å²) in [7, 11) is 1.70. The van der Waals surface area contributed by atoms with Crippen molar-refractivity contribution in [2.75, 3.05) is 17.3 Å². The lowest BCUT2D eigenvalue weighted by molar-refractivity contribution is -0.128. The molecule has 7 heteroatoms. The van der Waals surface area contributed by atoms with E-state index in [4.69, 9.17) is 21.1 Å². The first-order chi connectivity index (χ1) is 15.1. The summed E-state index contributed by atoms with van der Waals surface area (Å²) in [6.45, 7) is 5.29. The Morgan fingerprint density at radius 3 is 2.44 bits per heavy atom. The van der Waals surface area contributed by atoms with Crippen molar-refractivity contribution in [3.05, 3.63) is 76.8 Å². The van der Waals surface area contributed by atoms with Crippen molar-refractivity contribution in [2.45, 2.75) is 26.4 Å². The Hall–Kier alpha value is -3.51. The first kappa shape index (κ1) is 21.7. The van der Waals surface area contributed by atoms with Crippen molar-refractivity contribution in [2.24, 2.45) is 0 Å². The number of ether oxygens (including phenoxy) is 2. The molecule has 1 heterocycles. The molecule has 1 aliphatic heterocycles. The van der Waals surface area contributed by atoms with E-state index in [1.165, 1.54) is 0 Å². The largest absolute Gasteiger partial charge is 0.478 e. The molecule has 0 unspecified atom stereocenters. The number of rotatable bonds is 4. The van der Waals surface area contributed by atoms with Crippen LogP contribution in [0.25, 0.3) is 0 Å². The van der Waals surface area contributed by atoms with Gasteiger partial charge in [0.1, 0.15) is 11.5 Å². The summed E-state index contributed by atoms with van der Waals surface area (Å²) in [6, 6.07) is 17.4. The Morgan fingerprint density at radius 2 is 1.72 bits per heavy atom. The van der Waals surface area contributed by atoms with E-state index in [1.807, 2.05) is 25.1 Å². The van der Waals surface area contributed by atoms with Crippen molar-refractivity contribution in [1.29, 1.82) is 0 Å². The van der Waals surface area contributed by atoms with Gasteiger partial charge >= 0.3 is 0 Å². The van der Waals surface area contributed by atoms with Gasteiger partial charge in [-0.3, -0.25) is 9.59 Å². The molecule has 6 nitrogen and oxygen atoms in total. The molecule has 32 heavy (non-hydrogen) atoms. The molecule has 0 spiro atoms. The number of hydrogen-bond donors (Lipinski definition) is 1. The Bertz CT molecular complexity index is 1210. The van der Waals surface area contributed by atoms with Gasteiger partial charge in [0.25, 0.3) is 11.8 Å². The normalized spacial score (nSPS) is 12.9. The highest BCUT2D eigenvalue weighted by molar-refractivity contribution is 6.30. The van der Waals surface area contributed by atoms with Crippen LogP contribution in [0.4, 0.5) is 11.4 Å².